The number of ether oxygens (including phenoxy) is 1. The van der Waals surface area contributed by atoms with Crippen LogP contribution in [-0.2, 0) is 9.53 Å². The molecule has 0 aromatic heterocycles. The van der Waals surface area contributed by atoms with E-state index in [1.54, 1.807) is 0 Å². The van der Waals surface area contributed by atoms with Crippen molar-refractivity contribution in [3.05, 3.63) is 35.9 Å². The molecule has 1 aliphatic rings. The molecule has 0 amide bonds. The summed E-state index contributed by atoms with van der Waals surface area (Å²) in [6.07, 6.45) is 0. The molecule has 1 heterocycles. The summed E-state index contributed by atoms with van der Waals surface area (Å²) in [5, 5.41) is 0. The maximum Gasteiger partial charge on any atom is 0.340 e. The Bertz CT molecular complexity index is 437. The first kappa shape index (κ1) is 10.9. The molecule has 2 rings (SSSR count). The predicted octanol–water partition coefficient (Wildman–Crippen LogP) is 2.40. The molecule has 0 radical (unpaired) electrons. The topological polar surface area (TPSA) is 38.7 Å². The van der Waals surface area contributed by atoms with Crippen LogP contribution >= 0.6 is 0 Å². The summed E-state index contributed by atoms with van der Waals surface area (Å²) in [6, 6.07) is 9.49. The van der Waals surface area contributed by atoms with Crippen molar-refractivity contribution in [2.75, 3.05) is 0 Å². The third kappa shape index (κ3) is 1.62. The molecule has 0 fully saturated rings. The van der Waals surface area contributed by atoms with Crippen molar-refractivity contribution >= 4 is 11.9 Å². The maximum absolute atomic E-state index is 11.8. The molecular weight excluding hydrogens is 202 g/mol. The van der Waals surface area contributed by atoms with Gasteiger partial charge in [-0.1, -0.05) is 32.0 Å². The van der Waals surface area contributed by atoms with Gasteiger partial charge in [0.1, 0.15) is 0 Å². The van der Waals surface area contributed by atoms with Crippen LogP contribution in [-0.4, -0.2) is 17.4 Å². The fraction of sp³-hybridized carbons (Fsp3) is 0.385. The zero-order valence-electron chi connectivity index (χ0n) is 9.73. The number of esters is 1. The molecule has 3 nitrogen and oxygen atoms in total. The minimum Gasteiger partial charge on any atom is -0.405 e. The van der Waals surface area contributed by atoms with Crippen molar-refractivity contribution in [1.82, 2.24) is 0 Å². The van der Waals surface area contributed by atoms with Gasteiger partial charge in [-0.05, 0) is 25.0 Å². The summed E-state index contributed by atoms with van der Waals surface area (Å²) in [4.78, 5) is 16.2. The Morgan fingerprint density at radius 3 is 2.38 bits per heavy atom. The first-order valence-electron chi connectivity index (χ1n) is 5.41. The van der Waals surface area contributed by atoms with Gasteiger partial charge in [-0.25, -0.2) is 9.79 Å². The molecule has 0 saturated carbocycles. The first-order valence-corrected chi connectivity index (χ1v) is 5.41. The third-order valence-electron chi connectivity index (χ3n) is 3.08. The van der Waals surface area contributed by atoms with Crippen LogP contribution in [0.15, 0.2) is 35.3 Å². The number of cyclic esters (lactones) is 1. The van der Waals surface area contributed by atoms with Gasteiger partial charge in [-0.15, -0.1) is 0 Å². The lowest BCUT2D eigenvalue weighted by atomic mass is 9.90. The average Bonchev–Trinajstić information content (AvgIpc) is 2.58. The van der Waals surface area contributed by atoms with E-state index >= 15 is 0 Å². The third-order valence-corrected chi connectivity index (χ3v) is 3.08. The van der Waals surface area contributed by atoms with Crippen LogP contribution in [0.25, 0.3) is 0 Å². The molecule has 3 heteroatoms. The molecule has 0 bridgehead atoms. The van der Waals surface area contributed by atoms with Crippen LogP contribution in [0.2, 0.25) is 0 Å². The van der Waals surface area contributed by atoms with Crippen molar-refractivity contribution < 1.29 is 9.53 Å². The van der Waals surface area contributed by atoms with E-state index < -0.39 is 5.54 Å². The number of hydrogen-bond donors (Lipinski definition) is 0. The lowest BCUT2D eigenvalue weighted by molar-refractivity contribution is -0.139. The Kier molecular flexibility index (Phi) is 2.54. The molecule has 1 aliphatic heterocycles. The van der Waals surface area contributed by atoms with Crippen molar-refractivity contribution in [1.29, 1.82) is 0 Å². The quantitative estimate of drug-likeness (QED) is 0.713. The van der Waals surface area contributed by atoms with Gasteiger partial charge < -0.3 is 4.74 Å². The number of benzene rings is 1. The number of hydrogen-bond acceptors (Lipinski definition) is 3. The van der Waals surface area contributed by atoms with E-state index in [0.717, 1.165) is 5.56 Å². The van der Waals surface area contributed by atoms with Crippen LogP contribution in [0.3, 0.4) is 0 Å². The van der Waals surface area contributed by atoms with E-state index in [1.165, 1.54) is 0 Å². The molecule has 1 aromatic carbocycles. The van der Waals surface area contributed by atoms with Gasteiger partial charge in [0.2, 0.25) is 5.90 Å². The van der Waals surface area contributed by atoms with Crippen molar-refractivity contribution in [2.24, 2.45) is 10.9 Å². The van der Waals surface area contributed by atoms with Gasteiger partial charge in [0.25, 0.3) is 0 Å². The molecule has 0 unspecified atom stereocenters. The number of carbonyl (C=O) groups is 1. The SMILES string of the molecule is CC(C)[C@@]1(C)N=C(c2ccccc2)OC1=O. The zero-order chi connectivity index (χ0) is 11.8. The van der Waals surface area contributed by atoms with E-state index in [4.69, 9.17) is 4.74 Å². The highest BCUT2D eigenvalue weighted by atomic mass is 16.6. The molecule has 1 atom stereocenters. The molecule has 1 aromatic rings. The monoisotopic (exact) mass is 217 g/mol. The highest BCUT2D eigenvalue weighted by Crippen LogP contribution is 2.29. The van der Waals surface area contributed by atoms with Crippen LogP contribution in [0, 0.1) is 5.92 Å². The predicted molar refractivity (Wildman–Crippen MR) is 62.3 cm³/mol. The second-order valence-electron chi connectivity index (χ2n) is 4.47. The Balaban J connectivity index is 2.37. The smallest absolute Gasteiger partial charge is 0.340 e. The van der Waals surface area contributed by atoms with Gasteiger partial charge in [-0.3, -0.25) is 0 Å². The Hall–Kier alpha value is -1.64. The summed E-state index contributed by atoms with van der Waals surface area (Å²) in [7, 11) is 0. The van der Waals surface area contributed by atoms with Crippen molar-refractivity contribution in [3.8, 4) is 0 Å². The normalized spacial score (nSPS) is 24.5. The molecule has 0 saturated heterocycles. The highest BCUT2D eigenvalue weighted by molar-refractivity contribution is 6.07. The largest absolute Gasteiger partial charge is 0.405 e. The van der Waals surface area contributed by atoms with Gasteiger partial charge in [0.15, 0.2) is 5.54 Å². The lowest BCUT2D eigenvalue weighted by Gasteiger charge is -2.19. The van der Waals surface area contributed by atoms with Gasteiger partial charge in [0, 0.05) is 5.56 Å². The minimum atomic E-state index is -0.745. The van der Waals surface area contributed by atoms with Crippen LogP contribution in [0.4, 0.5) is 0 Å². The molecular formula is C13H15NO2. The average molecular weight is 217 g/mol. The fourth-order valence-electron chi connectivity index (χ4n) is 1.54. The molecule has 0 N–H and O–H groups in total. The number of carbonyl (C=O) groups excluding carboxylic acids is 1. The van der Waals surface area contributed by atoms with Crippen molar-refractivity contribution in [3.63, 3.8) is 0 Å². The van der Waals surface area contributed by atoms with Crippen LogP contribution < -0.4 is 0 Å². The molecule has 84 valence electrons. The van der Waals surface area contributed by atoms with Gasteiger partial charge in [-0.2, -0.15) is 0 Å². The van der Waals surface area contributed by atoms with E-state index in [2.05, 4.69) is 4.99 Å². The standard InChI is InChI=1S/C13H15NO2/c1-9(2)13(3)12(15)16-11(14-13)10-7-5-4-6-8-10/h4-9H,1-3H3/t13-/m1/s1. The number of aliphatic imine (C=N–C) groups is 1. The minimum absolute atomic E-state index is 0.126. The Morgan fingerprint density at radius 1 is 1.25 bits per heavy atom. The second kappa shape index (κ2) is 3.74. The first-order chi connectivity index (χ1) is 7.54. The molecule has 16 heavy (non-hydrogen) atoms. The summed E-state index contributed by atoms with van der Waals surface area (Å²) in [6.45, 7) is 5.76. The zero-order valence-corrected chi connectivity index (χ0v) is 9.73. The lowest BCUT2D eigenvalue weighted by Crippen LogP contribution is -2.35. The fourth-order valence-corrected chi connectivity index (χ4v) is 1.54. The Labute approximate surface area is 95.2 Å². The Morgan fingerprint density at radius 2 is 1.88 bits per heavy atom. The van der Waals surface area contributed by atoms with Gasteiger partial charge >= 0.3 is 5.97 Å². The maximum atomic E-state index is 11.8. The van der Waals surface area contributed by atoms with Gasteiger partial charge in [0.05, 0.1) is 0 Å². The van der Waals surface area contributed by atoms with Crippen LogP contribution in [0.1, 0.15) is 26.3 Å². The summed E-state index contributed by atoms with van der Waals surface area (Å²) in [5.74, 6) is 0.296. The van der Waals surface area contributed by atoms with E-state index in [9.17, 15) is 4.79 Å². The van der Waals surface area contributed by atoms with E-state index in [-0.39, 0.29) is 11.9 Å². The van der Waals surface area contributed by atoms with Crippen LogP contribution in [0.5, 0.6) is 0 Å². The van der Waals surface area contributed by atoms with E-state index in [1.807, 2.05) is 51.1 Å². The number of nitrogens with zero attached hydrogens (tertiary/aromatic N) is 1. The summed E-state index contributed by atoms with van der Waals surface area (Å²) < 4.78 is 5.24. The molecule has 0 spiro atoms. The van der Waals surface area contributed by atoms with E-state index in [0.29, 0.717) is 5.90 Å². The number of rotatable bonds is 2. The summed E-state index contributed by atoms with van der Waals surface area (Å²) >= 11 is 0. The highest BCUT2D eigenvalue weighted by Gasteiger charge is 2.44. The second-order valence-corrected chi connectivity index (χ2v) is 4.47. The van der Waals surface area contributed by atoms with Crippen molar-refractivity contribution in [2.45, 2.75) is 26.3 Å². The molecule has 0 aliphatic carbocycles. The summed E-state index contributed by atoms with van der Waals surface area (Å²) in [5.41, 5.74) is 0.103.